The van der Waals surface area contributed by atoms with Gasteiger partial charge < -0.3 is 10.8 Å². The third-order valence-electron chi connectivity index (χ3n) is 2.53. The molecule has 1 aromatic carbocycles. The van der Waals surface area contributed by atoms with Gasteiger partial charge >= 0.3 is 0 Å². The van der Waals surface area contributed by atoms with Crippen molar-refractivity contribution in [2.24, 2.45) is 5.73 Å². The predicted molar refractivity (Wildman–Crippen MR) is 70.8 cm³/mol. The molecule has 1 aromatic rings. The summed E-state index contributed by atoms with van der Waals surface area (Å²) in [6.45, 7) is 6.30. The van der Waals surface area contributed by atoms with Crippen LogP contribution in [-0.2, 0) is 0 Å². The number of aliphatic hydroxyl groups is 1. The van der Waals surface area contributed by atoms with Crippen LogP contribution < -0.4 is 5.73 Å². The summed E-state index contributed by atoms with van der Waals surface area (Å²) in [5, 5.41) is 10.2. The lowest BCUT2D eigenvalue weighted by Crippen LogP contribution is -2.36. The monoisotopic (exact) mass is 239 g/mol. The highest BCUT2D eigenvalue weighted by atomic mass is 32.2. The molecule has 0 bridgehead atoms. The normalized spacial score (nSPS) is 16.8. The van der Waals surface area contributed by atoms with Crippen LogP contribution in [-0.4, -0.2) is 22.5 Å². The van der Waals surface area contributed by atoms with E-state index in [4.69, 9.17) is 5.73 Å². The van der Waals surface area contributed by atoms with Crippen LogP contribution in [0.1, 0.15) is 25.8 Å². The van der Waals surface area contributed by atoms with E-state index < -0.39 is 5.60 Å². The lowest BCUT2D eigenvalue weighted by molar-refractivity contribution is 0.0608. The third-order valence-corrected chi connectivity index (χ3v) is 3.64. The SMILES string of the molecule is Cc1ccc(SC(C)CC(C)(O)CN)cc1. The van der Waals surface area contributed by atoms with Crippen LogP contribution in [0.25, 0.3) is 0 Å². The molecule has 0 heterocycles. The zero-order valence-electron chi connectivity index (χ0n) is 10.2. The van der Waals surface area contributed by atoms with E-state index in [1.807, 2.05) is 0 Å². The van der Waals surface area contributed by atoms with Crippen molar-refractivity contribution in [1.29, 1.82) is 0 Å². The maximum atomic E-state index is 9.88. The molecular weight excluding hydrogens is 218 g/mol. The van der Waals surface area contributed by atoms with Gasteiger partial charge in [-0.2, -0.15) is 0 Å². The van der Waals surface area contributed by atoms with E-state index in [1.54, 1.807) is 18.7 Å². The molecule has 16 heavy (non-hydrogen) atoms. The van der Waals surface area contributed by atoms with E-state index in [2.05, 4.69) is 38.1 Å². The highest BCUT2D eigenvalue weighted by molar-refractivity contribution is 7.99. The average Bonchev–Trinajstić information content (AvgIpc) is 2.21. The van der Waals surface area contributed by atoms with Gasteiger partial charge in [0, 0.05) is 16.7 Å². The summed E-state index contributed by atoms with van der Waals surface area (Å²) in [6, 6.07) is 8.45. The largest absolute Gasteiger partial charge is 0.389 e. The molecule has 0 saturated carbocycles. The van der Waals surface area contributed by atoms with Crippen molar-refractivity contribution < 1.29 is 5.11 Å². The first-order valence-corrected chi connectivity index (χ1v) is 6.47. The van der Waals surface area contributed by atoms with Crippen molar-refractivity contribution in [2.45, 2.75) is 42.9 Å². The van der Waals surface area contributed by atoms with Crippen molar-refractivity contribution in [3.05, 3.63) is 29.8 Å². The van der Waals surface area contributed by atoms with Crippen molar-refractivity contribution in [3.63, 3.8) is 0 Å². The summed E-state index contributed by atoms with van der Waals surface area (Å²) in [5.74, 6) is 0. The van der Waals surface area contributed by atoms with Crippen molar-refractivity contribution in [3.8, 4) is 0 Å². The number of aryl methyl sites for hydroxylation is 1. The van der Waals surface area contributed by atoms with E-state index in [0.29, 0.717) is 18.2 Å². The molecule has 0 amide bonds. The molecule has 0 fully saturated rings. The van der Waals surface area contributed by atoms with Gasteiger partial charge in [-0.25, -0.2) is 0 Å². The molecule has 0 aromatic heterocycles. The van der Waals surface area contributed by atoms with Crippen molar-refractivity contribution in [2.75, 3.05) is 6.54 Å². The lowest BCUT2D eigenvalue weighted by atomic mass is 10.0. The highest BCUT2D eigenvalue weighted by Gasteiger charge is 2.21. The Kier molecular flexibility index (Phi) is 4.84. The number of thioether (sulfide) groups is 1. The molecule has 0 aliphatic rings. The number of benzene rings is 1. The fourth-order valence-electron chi connectivity index (χ4n) is 1.59. The summed E-state index contributed by atoms with van der Waals surface area (Å²) >= 11 is 1.78. The second kappa shape index (κ2) is 5.71. The molecule has 2 atom stereocenters. The second-order valence-electron chi connectivity index (χ2n) is 4.65. The van der Waals surface area contributed by atoms with Crippen LogP contribution in [0.2, 0.25) is 0 Å². The number of nitrogens with two attached hydrogens (primary N) is 1. The van der Waals surface area contributed by atoms with E-state index in [1.165, 1.54) is 10.5 Å². The van der Waals surface area contributed by atoms with Crippen molar-refractivity contribution >= 4 is 11.8 Å². The molecule has 1 rings (SSSR count). The van der Waals surface area contributed by atoms with Crippen LogP contribution in [0.3, 0.4) is 0 Å². The summed E-state index contributed by atoms with van der Waals surface area (Å²) in [5.41, 5.74) is 6.03. The molecule has 2 unspecified atom stereocenters. The predicted octanol–water partition coefficient (Wildman–Crippen LogP) is 2.58. The Bertz CT molecular complexity index is 321. The molecule has 0 spiro atoms. The minimum Gasteiger partial charge on any atom is -0.389 e. The fraction of sp³-hybridized carbons (Fsp3) is 0.538. The summed E-state index contributed by atoms with van der Waals surface area (Å²) in [7, 11) is 0. The Morgan fingerprint density at radius 3 is 2.44 bits per heavy atom. The molecule has 2 nitrogen and oxygen atoms in total. The van der Waals surface area contributed by atoms with E-state index >= 15 is 0 Å². The van der Waals surface area contributed by atoms with Gasteiger partial charge in [0.05, 0.1) is 5.60 Å². The highest BCUT2D eigenvalue weighted by Crippen LogP contribution is 2.28. The Balaban J connectivity index is 2.51. The quantitative estimate of drug-likeness (QED) is 0.776. The van der Waals surface area contributed by atoms with Gasteiger partial charge in [-0.3, -0.25) is 0 Å². The Morgan fingerprint density at radius 1 is 1.38 bits per heavy atom. The molecular formula is C13H21NOS. The van der Waals surface area contributed by atoms with Crippen LogP contribution in [0.5, 0.6) is 0 Å². The molecule has 3 heteroatoms. The summed E-state index contributed by atoms with van der Waals surface area (Å²) in [6.07, 6.45) is 0.710. The maximum Gasteiger partial charge on any atom is 0.0752 e. The van der Waals surface area contributed by atoms with Gasteiger partial charge in [0.1, 0.15) is 0 Å². The van der Waals surface area contributed by atoms with E-state index in [-0.39, 0.29) is 0 Å². The first-order chi connectivity index (χ1) is 7.43. The molecule has 0 saturated heterocycles. The summed E-state index contributed by atoms with van der Waals surface area (Å²) < 4.78 is 0. The minimum absolute atomic E-state index is 0.311. The van der Waals surface area contributed by atoms with Crippen LogP contribution in [0.4, 0.5) is 0 Å². The molecule has 90 valence electrons. The Morgan fingerprint density at radius 2 is 1.94 bits per heavy atom. The lowest BCUT2D eigenvalue weighted by Gasteiger charge is -2.24. The van der Waals surface area contributed by atoms with E-state index in [9.17, 15) is 5.11 Å². The first-order valence-electron chi connectivity index (χ1n) is 5.59. The van der Waals surface area contributed by atoms with Gasteiger partial charge in [0.15, 0.2) is 0 Å². The van der Waals surface area contributed by atoms with E-state index in [0.717, 1.165) is 0 Å². The van der Waals surface area contributed by atoms with Crippen LogP contribution in [0.15, 0.2) is 29.2 Å². The van der Waals surface area contributed by atoms with Gasteiger partial charge in [0.25, 0.3) is 0 Å². The third kappa shape index (κ3) is 4.56. The molecule has 3 N–H and O–H groups in total. The second-order valence-corrected chi connectivity index (χ2v) is 6.16. The van der Waals surface area contributed by atoms with Gasteiger partial charge in [-0.15, -0.1) is 11.8 Å². The minimum atomic E-state index is -0.753. The maximum absolute atomic E-state index is 9.88. The standard InChI is InChI=1S/C13H21NOS/c1-10-4-6-12(7-5-10)16-11(2)8-13(3,15)9-14/h4-7,11,15H,8-9,14H2,1-3H3. The summed E-state index contributed by atoms with van der Waals surface area (Å²) in [4.78, 5) is 1.24. The smallest absolute Gasteiger partial charge is 0.0752 e. The van der Waals surface area contributed by atoms with Crippen LogP contribution in [0, 0.1) is 6.92 Å². The zero-order chi connectivity index (χ0) is 12.2. The van der Waals surface area contributed by atoms with Crippen LogP contribution >= 0.6 is 11.8 Å². The Labute approximate surface area is 102 Å². The first kappa shape index (κ1) is 13.6. The Hall–Kier alpha value is -0.510. The average molecular weight is 239 g/mol. The molecule has 0 aliphatic carbocycles. The number of hydrogen-bond donors (Lipinski definition) is 2. The fourth-order valence-corrected chi connectivity index (χ4v) is 2.79. The topological polar surface area (TPSA) is 46.2 Å². The molecule has 0 radical (unpaired) electrons. The zero-order valence-corrected chi connectivity index (χ0v) is 11.1. The molecule has 0 aliphatic heterocycles. The van der Waals surface area contributed by atoms with Gasteiger partial charge in [0.2, 0.25) is 0 Å². The number of rotatable bonds is 5. The number of hydrogen-bond acceptors (Lipinski definition) is 3. The van der Waals surface area contributed by atoms with Gasteiger partial charge in [-0.05, 0) is 32.4 Å². The van der Waals surface area contributed by atoms with Gasteiger partial charge in [-0.1, -0.05) is 24.6 Å². The van der Waals surface area contributed by atoms with Crippen molar-refractivity contribution in [1.82, 2.24) is 0 Å².